The van der Waals surface area contributed by atoms with E-state index in [9.17, 15) is 22.8 Å². The van der Waals surface area contributed by atoms with E-state index in [0.717, 1.165) is 66.7 Å². The molecule has 3 aliphatic rings. The smallest absolute Gasteiger partial charge is 0.475 e. The van der Waals surface area contributed by atoms with Crippen LogP contribution in [0, 0.1) is 20.8 Å². The second-order valence-electron chi connectivity index (χ2n) is 15.3. The summed E-state index contributed by atoms with van der Waals surface area (Å²) in [5, 5.41) is 10.4. The average Bonchev–Trinajstić information content (AvgIpc) is 2.97. The quantitative estimate of drug-likeness (QED) is 0.189. The van der Waals surface area contributed by atoms with Crippen LogP contribution < -0.4 is 5.32 Å². The number of pyridine rings is 3. The van der Waals surface area contributed by atoms with Crippen molar-refractivity contribution < 1.29 is 42.1 Å². The molecule has 0 saturated carbocycles. The number of aromatic nitrogens is 3. The van der Waals surface area contributed by atoms with E-state index in [1.807, 2.05) is 92.9 Å². The first kappa shape index (κ1) is 48.6. The Balaban J connectivity index is 0.000000252. The first-order chi connectivity index (χ1) is 25.8. The maximum atomic E-state index is 11.8. The van der Waals surface area contributed by atoms with Crippen molar-refractivity contribution in [3.63, 3.8) is 0 Å². The molecule has 3 saturated heterocycles. The first-order valence-electron chi connectivity index (χ1n) is 17.9. The van der Waals surface area contributed by atoms with E-state index in [2.05, 4.69) is 77.0 Å². The zero-order valence-electron chi connectivity index (χ0n) is 33.3. The number of halogens is 5. The fourth-order valence-corrected chi connectivity index (χ4v) is 6.14. The van der Waals surface area contributed by atoms with Gasteiger partial charge >= 0.3 is 24.3 Å². The number of hydrogen-bond acceptors (Lipinski definition) is 9. The largest absolute Gasteiger partial charge is 0.490 e. The molecule has 6 rings (SSSR count). The van der Waals surface area contributed by atoms with Gasteiger partial charge in [-0.2, -0.15) is 13.2 Å². The Kier molecular flexibility index (Phi) is 18.9. The number of carbonyl (C=O) groups excluding carboxylic acids is 2. The van der Waals surface area contributed by atoms with E-state index in [1.165, 1.54) is 11.1 Å². The lowest BCUT2D eigenvalue weighted by atomic mass is 9.92. The minimum Gasteiger partial charge on any atom is -0.475 e. The molecule has 6 heterocycles. The third kappa shape index (κ3) is 19.0. The third-order valence-electron chi connectivity index (χ3n) is 7.69. The van der Waals surface area contributed by atoms with E-state index in [4.69, 9.17) is 19.4 Å². The van der Waals surface area contributed by atoms with Gasteiger partial charge in [-0.05, 0) is 110 Å². The number of rotatable bonds is 2. The van der Waals surface area contributed by atoms with Crippen LogP contribution >= 0.6 is 38.5 Å². The number of carboxylic acids is 1. The predicted octanol–water partition coefficient (Wildman–Crippen LogP) is 8.63. The van der Waals surface area contributed by atoms with Crippen molar-refractivity contribution in [3.05, 3.63) is 87.7 Å². The topological polar surface area (TPSA) is 147 Å². The minimum absolute atomic E-state index is 0.185. The summed E-state index contributed by atoms with van der Waals surface area (Å²) in [5.74, 6) is -1.61. The molecular weight excluding hydrogens is 912 g/mol. The maximum absolute atomic E-state index is 11.8. The summed E-state index contributed by atoms with van der Waals surface area (Å²) in [7, 11) is 0. The van der Waals surface area contributed by atoms with Crippen molar-refractivity contribution in [2.45, 2.75) is 95.5 Å². The SMILES string of the molecule is CC(C)(C)OC(=O)N1CC(I)C1.Cc1cc(Br)ccn1.Cc1cc(C2CN(C(=O)OC(C)(C)C)C2)ccn1.Cc1cc(C2CNC2)ccn1.O=C(O)C(F)(F)F. The van der Waals surface area contributed by atoms with E-state index in [-0.39, 0.29) is 17.8 Å². The van der Waals surface area contributed by atoms with E-state index < -0.39 is 17.7 Å². The Morgan fingerprint density at radius 3 is 1.39 bits per heavy atom. The molecule has 0 spiro atoms. The van der Waals surface area contributed by atoms with Crippen LogP contribution in [-0.2, 0) is 14.3 Å². The Morgan fingerprint density at radius 2 is 1.11 bits per heavy atom. The van der Waals surface area contributed by atoms with Crippen molar-refractivity contribution in [2.75, 3.05) is 39.3 Å². The van der Waals surface area contributed by atoms with Crippen molar-refractivity contribution in [3.8, 4) is 0 Å². The Bertz CT molecular complexity index is 1710. The monoisotopic (exact) mass is 964 g/mol. The lowest BCUT2D eigenvalue weighted by Crippen LogP contribution is -2.52. The molecule has 310 valence electrons. The van der Waals surface area contributed by atoms with Gasteiger partial charge < -0.3 is 29.7 Å². The normalized spacial score (nSPS) is 15.5. The van der Waals surface area contributed by atoms with Gasteiger partial charge in [-0.25, -0.2) is 14.4 Å². The summed E-state index contributed by atoms with van der Waals surface area (Å²) >= 11 is 5.65. The van der Waals surface area contributed by atoms with Crippen molar-refractivity contribution in [1.82, 2.24) is 30.1 Å². The highest BCUT2D eigenvalue weighted by Crippen LogP contribution is 2.28. The summed E-state index contributed by atoms with van der Waals surface area (Å²) in [6.07, 6.45) is 0.00313. The minimum atomic E-state index is -5.08. The lowest BCUT2D eigenvalue weighted by molar-refractivity contribution is -0.192. The number of alkyl halides is 4. The summed E-state index contributed by atoms with van der Waals surface area (Å²) in [4.78, 5) is 47.8. The number of nitrogens with zero attached hydrogens (tertiary/aromatic N) is 5. The number of carbonyl (C=O) groups is 3. The second-order valence-corrected chi connectivity index (χ2v) is 18.0. The number of hydrogen-bond donors (Lipinski definition) is 2. The van der Waals surface area contributed by atoms with Crippen LogP contribution in [0.5, 0.6) is 0 Å². The molecule has 2 N–H and O–H groups in total. The fraction of sp³-hybridized carbons (Fsp3) is 0.538. The molecular formula is C39H53BrF3IN6O6. The zero-order chi connectivity index (χ0) is 42.4. The highest BCUT2D eigenvalue weighted by molar-refractivity contribution is 14.1. The summed E-state index contributed by atoms with van der Waals surface area (Å²) in [6.45, 7) is 22.7. The fourth-order valence-electron chi connectivity index (χ4n) is 4.74. The van der Waals surface area contributed by atoms with Gasteiger partial charge in [0.25, 0.3) is 0 Å². The first-order valence-corrected chi connectivity index (χ1v) is 19.9. The Labute approximate surface area is 349 Å². The van der Waals surface area contributed by atoms with E-state index in [1.54, 1.807) is 16.0 Å². The Hall–Kier alpha value is -3.58. The molecule has 0 atom stereocenters. The number of aryl methyl sites for hydroxylation is 3. The van der Waals surface area contributed by atoms with Crippen molar-refractivity contribution in [2.24, 2.45) is 0 Å². The zero-order valence-corrected chi connectivity index (χ0v) is 37.0. The van der Waals surface area contributed by atoms with Crippen LogP contribution in [-0.4, -0.2) is 109 Å². The third-order valence-corrected chi connectivity index (χ3v) is 8.97. The number of amides is 2. The molecule has 3 fully saturated rings. The molecule has 0 radical (unpaired) electrons. The van der Waals surface area contributed by atoms with Gasteiger partial charge in [-0.15, -0.1) is 0 Å². The van der Waals surface area contributed by atoms with Gasteiger partial charge in [-0.3, -0.25) is 15.0 Å². The number of nitrogens with one attached hydrogen (secondary N) is 1. The van der Waals surface area contributed by atoms with Gasteiger partial charge in [0.05, 0.1) is 0 Å². The van der Waals surface area contributed by atoms with Crippen molar-refractivity contribution >= 4 is 56.7 Å². The van der Waals surface area contributed by atoms with Gasteiger partial charge in [0, 0.05) is 95.2 Å². The van der Waals surface area contributed by atoms with Crippen LogP contribution in [0.15, 0.2) is 59.5 Å². The van der Waals surface area contributed by atoms with Gasteiger partial charge in [0.1, 0.15) is 11.2 Å². The highest BCUT2D eigenvalue weighted by Gasteiger charge is 2.38. The Morgan fingerprint density at radius 1 is 0.732 bits per heavy atom. The van der Waals surface area contributed by atoms with Crippen LogP contribution in [0.1, 0.15) is 81.6 Å². The highest BCUT2D eigenvalue weighted by atomic mass is 127. The van der Waals surface area contributed by atoms with E-state index in [0.29, 0.717) is 9.84 Å². The van der Waals surface area contributed by atoms with Crippen molar-refractivity contribution in [1.29, 1.82) is 0 Å². The van der Waals surface area contributed by atoms with Gasteiger partial charge in [0.2, 0.25) is 0 Å². The predicted molar refractivity (Wildman–Crippen MR) is 220 cm³/mol. The molecule has 17 heteroatoms. The number of aliphatic carboxylic acids is 1. The summed E-state index contributed by atoms with van der Waals surface area (Å²) in [5.41, 5.74) is 5.07. The van der Waals surface area contributed by atoms with Crippen LogP contribution in [0.2, 0.25) is 0 Å². The van der Waals surface area contributed by atoms with Crippen LogP contribution in [0.25, 0.3) is 0 Å². The standard InChI is InChI=1S/C14H20N2O2.C9H12N2.C8H14INO2.C6H6BrN.C2HF3O2/c1-10-7-11(5-6-15-10)12-8-16(9-12)13(17)18-14(2,3)4;1-7-4-8(2-3-11-7)9-5-10-6-9;1-8(2,3)12-7(11)10-4-6(9)5-10;1-5-4-6(7)2-3-8-5;3-2(4,5)1(6)7/h5-7,12H,8-9H2,1-4H3;2-4,9-10H,5-6H2,1H3;6H,4-5H2,1-3H3;2-4H,1H3;(H,6,7). The molecule has 3 aromatic heterocycles. The van der Waals surface area contributed by atoms with Crippen LogP contribution in [0.4, 0.5) is 22.8 Å². The molecule has 2 amide bonds. The molecule has 56 heavy (non-hydrogen) atoms. The number of carboxylic acid groups (broad SMARTS) is 1. The lowest BCUT2D eigenvalue weighted by Gasteiger charge is -2.40. The molecule has 3 aromatic rings. The number of likely N-dealkylation sites (tertiary alicyclic amines) is 2. The molecule has 0 aromatic carbocycles. The molecule has 0 bridgehead atoms. The molecule has 12 nitrogen and oxygen atoms in total. The van der Waals surface area contributed by atoms with Crippen LogP contribution in [0.3, 0.4) is 0 Å². The summed E-state index contributed by atoms with van der Waals surface area (Å²) < 4.78 is 43.9. The average molecular weight is 966 g/mol. The van der Waals surface area contributed by atoms with Gasteiger partial charge in [-0.1, -0.05) is 38.5 Å². The van der Waals surface area contributed by atoms with Gasteiger partial charge in [0.15, 0.2) is 0 Å². The summed E-state index contributed by atoms with van der Waals surface area (Å²) in [6, 6.07) is 12.3. The molecule has 0 unspecified atom stereocenters. The number of ether oxygens (including phenoxy) is 2. The second kappa shape index (κ2) is 21.8. The van der Waals surface area contributed by atoms with E-state index >= 15 is 0 Å². The molecule has 0 aliphatic carbocycles. The molecule has 3 aliphatic heterocycles. The maximum Gasteiger partial charge on any atom is 0.490 e.